The number of likely N-dealkylation sites (tertiary alicyclic amines) is 2. The van der Waals surface area contributed by atoms with Gasteiger partial charge < -0.3 is 10.6 Å². The van der Waals surface area contributed by atoms with Crippen LogP contribution in [0.4, 0.5) is 9.59 Å². The van der Waals surface area contributed by atoms with Crippen molar-refractivity contribution >= 4 is 23.9 Å². The van der Waals surface area contributed by atoms with E-state index in [2.05, 4.69) is 89.9 Å². The maximum atomic E-state index is 13.5. The maximum absolute atomic E-state index is 13.5. The van der Waals surface area contributed by atoms with Crippen LogP contribution in [0.3, 0.4) is 0 Å². The summed E-state index contributed by atoms with van der Waals surface area (Å²) in [5.41, 5.74) is -2.08. The molecule has 4 aliphatic rings. The molecule has 41 heavy (non-hydrogen) atoms. The van der Waals surface area contributed by atoms with Crippen molar-refractivity contribution in [2.75, 3.05) is 27.2 Å². The average Bonchev–Trinajstić information content (AvgIpc) is 3.01. The van der Waals surface area contributed by atoms with Crippen LogP contribution < -0.4 is 10.6 Å². The molecule has 2 spiro atoms. The van der Waals surface area contributed by atoms with Crippen LogP contribution in [0.25, 0.3) is 0 Å². The Morgan fingerprint density at radius 2 is 1.00 bits per heavy atom. The van der Waals surface area contributed by atoms with Gasteiger partial charge in [-0.05, 0) is 108 Å². The van der Waals surface area contributed by atoms with Gasteiger partial charge in [-0.2, -0.15) is 0 Å². The molecule has 0 radical (unpaired) electrons. The lowest BCUT2D eigenvalue weighted by atomic mass is 9.67. The summed E-state index contributed by atoms with van der Waals surface area (Å²) >= 11 is 0. The van der Waals surface area contributed by atoms with Crippen LogP contribution >= 0.6 is 0 Å². The van der Waals surface area contributed by atoms with E-state index in [0.717, 1.165) is 25.7 Å². The minimum absolute atomic E-state index is 0.0986. The molecule has 232 valence electrons. The molecule has 10 heteroatoms. The van der Waals surface area contributed by atoms with Gasteiger partial charge in [0.1, 0.15) is 5.54 Å². The van der Waals surface area contributed by atoms with Crippen molar-refractivity contribution in [2.24, 2.45) is 0 Å². The Labute approximate surface area is 246 Å². The second kappa shape index (κ2) is 10.2. The van der Waals surface area contributed by atoms with Gasteiger partial charge in [0.05, 0.1) is 12.0 Å². The largest absolute Gasteiger partial charge is 0.332 e. The Balaban J connectivity index is 1.25. The predicted octanol–water partition coefficient (Wildman–Crippen LogP) is 4.08. The summed E-state index contributed by atoms with van der Waals surface area (Å²) in [6.07, 6.45) is 5.99. The third-order valence-corrected chi connectivity index (χ3v) is 10.8. The molecule has 6 amide bonds. The first kappa shape index (κ1) is 31.7. The normalized spacial score (nSPS) is 28.3. The molecule has 0 atom stereocenters. The highest BCUT2D eigenvalue weighted by molar-refractivity contribution is 6.07. The molecule has 4 aliphatic heterocycles. The van der Waals surface area contributed by atoms with E-state index >= 15 is 0 Å². The van der Waals surface area contributed by atoms with Crippen molar-refractivity contribution in [3.05, 3.63) is 0 Å². The van der Waals surface area contributed by atoms with Crippen molar-refractivity contribution in [3.8, 4) is 0 Å². The van der Waals surface area contributed by atoms with Crippen LogP contribution in [-0.2, 0) is 9.59 Å². The Bertz CT molecular complexity index is 1040. The molecule has 0 bridgehead atoms. The lowest BCUT2D eigenvalue weighted by molar-refractivity contribution is -0.139. The number of piperidine rings is 2. The maximum Gasteiger partial charge on any atom is 0.325 e. The highest BCUT2D eigenvalue weighted by Crippen LogP contribution is 2.46. The van der Waals surface area contributed by atoms with E-state index in [0.29, 0.717) is 45.2 Å². The highest BCUT2D eigenvalue weighted by atomic mass is 16.2. The molecule has 0 saturated carbocycles. The van der Waals surface area contributed by atoms with E-state index < -0.39 is 11.1 Å². The predicted molar refractivity (Wildman–Crippen MR) is 159 cm³/mol. The molecule has 4 saturated heterocycles. The number of nitrogens with zero attached hydrogens (tertiary/aromatic N) is 4. The molecule has 10 nitrogen and oxygen atoms in total. The molecule has 0 aromatic heterocycles. The van der Waals surface area contributed by atoms with Crippen LogP contribution in [0.1, 0.15) is 113 Å². The number of unbranched alkanes of at least 4 members (excludes halogenated alkanes) is 3. The van der Waals surface area contributed by atoms with E-state index in [1.54, 1.807) is 0 Å². The standard InChI is InChI=1S/C31H54N6O4/c1-26(2)18-30(19-27(3,4)34(26)9)17-22(38)36(24(40)32-30)15-13-11-12-14-16-37-23(39)31(33-25(37)41)20-28(5,6)35(10)29(7,8)21-31/h11-21H2,1-10H3,(H,32,40)(H,33,41). The van der Waals surface area contributed by atoms with Crippen LogP contribution in [0.5, 0.6) is 0 Å². The molecule has 0 aromatic carbocycles. The fraction of sp³-hybridized carbons (Fsp3) is 0.871. The zero-order chi connectivity index (χ0) is 30.8. The third-order valence-electron chi connectivity index (χ3n) is 10.8. The number of amides is 6. The Morgan fingerprint density at radius 1 is 0.585 bits per heavy atom. The number of urea groups is 2. The van der Waals surface area contributed by atoms with Crippen molar-refractivity contribution in [3.63, 3.8) is 0 Å². The van der Waals surface area contributed by atoms with Crippen molar-refractivity contribution in [1.82, 2.24) is 30.2 Å². The molecular weight excluding hydrogens is 520 g/mol. The fourth-order valence-corrected chi connectivity index (χ4v) is 8.66. The molecular formula is C31H54N6O4. The number of carbonyl (C=O) groups is 4. The van der Waals surface area contributed by atoms with Gasteiger partial charge in [-0.15, -0.1) is 0 Å². The summed E-state index contributed by atoms with van der Waals surface area (Å²) in [6, 6.07) is -0.582. The average molecular weight is 575 g/mol. The summed E-state index contributed by atoms with van der Waals surface area (Å²) in [7, 11) is 4.20. The first-order valence-electron chi connectivity index (χ1n) is 15.4. The van der Waals surface area contributed by atoms with Crippen LogP contribution in [0, 0.1) is 0 Å². The lowest BCUT2D eigenvalue weighted by Crippen LogP contribution is -2.72. The van der Waals surface area contributed by atoms with E-state index in [-0.39, 0.29) is 46.0 Å². The van der Waals surface area contributed by atoms with Crippen LogP contribution in [0.15, 0.2) is 0 Å². The zero-order valence-corrected chi connectivity index (χ0v) is 27.2. The van der Waals surface area contributed by atoms with E-state index in [9.17, 15) is 19.2 Å². The molecule has 0 aliphatic carbocycles. The number of hydrogen-bond donors (Lipinski definition) is 2. The van der Waals surface area contributed by atoms with Gasteiger partial charge in [-0.1, -0.05) is 12.8 Å². The fourth-order valence-electron chi connectivity index (χ4n) is 8.66. The minimum Gasteiger partial charge on any atom is -0.332 e. The Hall–Kier alpha value is -2.20. The lowest BCUT2D eigenvalue weighted by Gasteiger charge is -2.59. The van der Waals surface area contributed by atoms with Crippen LogP contribution in [-0.4, -0.2) is 104 Å². The van der Waals surface area contributed by atoms with Crippen LogP contribution in [0.2, 0.25) is 0 Å². The quantitative estimate of drug-likeness (QED) is 0.351. The molecule has 4 heterocycles. The summed E-state index contributed by atoms with van der Waals surface area (Å²) in [5, 5.41) is 6.30. The van der Waals surface area contributed by atoms with E-state index in [1.807, 2.05) is 0 Å². The molecule has 0 unspecified atom stereocenters. The smallest absolute Gasteiger partial charge is 0.325 e. The van der Waals surface area contributed by atoms with Crippen molar-refractivity contribution in [2.45, 2.75) is 146 Å². The summed E-state index contributed by atoms with van der Waals surface area (Å²) in [4.78, 5) is 60.1. The summed E-state index contributed by atoms with van der Waals surface area (Å²) in [5.74, 6) is -0.208. The van der Waals surface area contributed by atoms with E-state index in [4.69, 9.17) is 0 Å². The zero-order valence-electron chi connectivity index (χ0n) is 27.2. The Morgan fingerprint density at radius 3 is 1.46 bits per heavy atom. The van der Waals surface area contributed by atoms with Crippen molar-refractivity contribution < 1.29 is 19.2 Å². The second-order valence-corrected chi connectivity index (χ2v) is 15.9. The van der Waals surface area contributed by atoms with E-state index in [1.165, 1.54) is 9.80 Å². The van der Waals surface area contributed by atoms with Gasteiger partial charge in [0.15, 0.2) is 0 Å². The number of carbonyl (C=O) groups excluding carboxylic acids is 4. The number of hydrogen-bond acceptors (Lipinski definition) is 6. The molecule has 4 rings (SSSR count). The number of nitrogens with one attached hydrogen (secondary N) is 2. The molecule has 2 N–H and O–H groups in total. The topological polar surface area (TPSA) is 105 Å². The first-order chi connectivity index (χ1) is 18.7. The van der Waals surface area contributed by atoms with Gasteiger partial charge in [0.25, 0.3) is 5.91 Å². The van der Waals surface area contributed by atoms with Gasteiger partial charge in [0, 0.05) is 35.2 Å². The van der Waals surface area contributed by atoms with Gasteiger partial charge in [-0.25, -0.2) is 9.59 Å². The highest BCUT2D eigenvalue weighted by Gasteiger charge is 2.60. The monoisotopic (exact) mass is 574 g/mol. The molecule has 4 fully saturated rings. The number of rotatable bonds is 7. The second-order valence-electron chi connectivity index (χ2n) is 15.9. The first-order valence-corrected chi connectivity index (χ1v) is 15.4. The minimum atomic E-state index is -0.853. The SMILES string of the molecule is CN1C(C)(C)CC2(CC(=O)N(CCCCCCN3C(=O)NC4(CC(C)(C)N(C)C(C)(C)C4)C3=O)C(=O)N2)CC1(C)C. The van der Waals surface area contributed by atoms with Gasteiger partial charge >= 0.3 is 12.1 Å². The van der Waals surface area contributed by atoms with Gasteiger partial charge in [-0.3, -0.25) is 29.2 Å². The number of imide groups is 2. The van der Waals surface area contributed by atoms with Crippen molar-refractivity contribution in [1.29, 1.82) is 0 Å². The summed E-state index contributed by atoms with van der Waals surface area (Å²) in [6.45, 7) is 18.0. The summed E-state index contributed by atoms with van der Waals surface area (Å²) < 4.78 is 0. The van der Waals surface area contributed by atoms with Gasteiger partial charge in [0.2, 0.25) is 5.91 Å². The third kappa shape index (κ3) is 5.75. The molecule has 0 aromatic rings. The Kier molecular flexibility index (Phi) is 7.90.